The Hall–Kier alpha value is 0.471. The molecule has 0 fully saturated rings. The van der Waals surface area contributed by atoms with E-state index in [1.807, 2.05) is 26.8 Å². The first-order chi connectivity index (χ1) is 11.2. The van der Waals surface area contributed by atoms with E-state index in [2.05, 4.69) is 79.7 Å². The van der Waals surface area contributed by atoms with Gasteiger partial charge in [-0.2, -0.15) is 11.1 Å². The van der Waals surface area contributed by atoms with E-state index in [-0.39, 0.29) is 39.7 Å². The molecule has 2 rings (SSSR count). The summed E-state index contributed by atoms with van der Waals surface area (Å²) < 4.78 is 0. The van der Waals surface area contributed by atoms with Crippen molar-refractivity contribution in [2.75, 3.05) is 0 Å². The zero-order valence-corrected chi connectivity index (χ0v) is 24.5. The van der Waals surface area contributed by atoms with Crippen LogP contribution in [0.4, 0.5) is 0 Å². The summed E-state index contributed by atoms with van der Waals surface area (Å²) in [5.41, 5.74) is 5.87. The Balaban J connectivity index is -0.000000102. The van der Waals surface area contributed by atoms with E-state index in [1.54, 1.807) is 0 Å². The standard InChI is InChI=1S/2C11H17.2CH3.2ClH.H2Si.Ti/c2*1-8(2)10-5-6-11(7-10)9(3)4;;;;;;/h2*7-9H,5H2,1-4H3;2*1H3;2*1H;1H2;/q4*-1;;;;. The van der Waals surface area contributed by atoms with E-state index in [0.717, 1.165) is 12.8 Å². The Morgan fingerprint density at radius 1 is 0.643 bits per heavy atom. The fourth-order valence-corrected chi connectivity index (χ4v) is 2.50. The van der Waals surface area contributed by atoms with Gasteiger partial charge in [0.1, 0.15) is 0 Å². The van der Waals surface area contributed by atoms with Gasteiger partial charge in [0.2, 0.25) is 0 Å². The summed E-state index contributed by atoms with van der Waals surface area (Å²) in [7, 11) is 1.86. The maximum absolute atomic E-state index is 3.41. The van der Waals surface area contributed by atoms with E-state index < -0.39 is 0 Å². The van der Waals surface area contributed by atoms with Crippen LogP contribution in [0.25, 0.3) is 0 Å². The molecule has 2 aliphatic carbocycles. The van der Waals surface area contributed by atoms with Crippen molar-refractivity contribution < 1.29 is 19.2 Å². The average Bonchev–Trinajstić information content (AvgIpc) is 3.19. The van der Waals surface area contributed by atoms with Gasteiger partial charge in [-0.25, -0.2) is 23.3 Å². The summed E-state index contributed by atoms with van der Waals surface area (Å²) in [6.07, 6.45) is 13.6. The van der Waals surface area contributed by atoms with E-state index >= 15 is 0 Å². The number of hydrogen-bond acceptors (Lipinski definition) is 0. The minimum absolute atomic E-state index is 0. The molecule has 0 radical (unpaired) electrons. The van der Waals surface area contributed by atoms with Crippen LogP contribution in [-0.4, -0.2) is 7.63 Å². The first kappa shape index (κ1) is 39.0. The second kappa shape index (κ2) is 20.7. The zero-order chi connectivity index (χ0) is 18.9. The average molecular weight is 479 g/mol. The molecular formula is C24H44Cl2SiTi-4. The molecule has 0 aromatic heterocycles. The summed E-state index contributed by atoms with van der Waals surface area (Å²) in [6, 6.07) is 0. The molecule has 28 heavy (non-hydrogen) atoms. The fourth-order valence-electron chi connectivity index (χ4n) is 2.50. The van der Waals surface area contributed by atoms with E-state index in [0.29, 0.717) is 23.7 Å². The van der Waals surface area contributed by atoms with Crippen LogP contribution in [-0.2, 0) is 19.2 Å². The molecule has 0 unspecified atom stereocenters. The first-order valence-electron chi connectivity index (χ1n) is 9.20. The van der Waals surface area contributed by atoms with Gasteiger partial charge in [0, 0.05) is 0 Å². The van der Waals surface area contributed by atoms with Gasteiger partial charge in [0.05, 0.1) is 0 Å². The molecule has 0 N–H and O–H groups in total. The Labute approximate surface area is 204 Å². The molecule has 0 aromatic carbocycles. The predicted octanol–water partition coefficient (Wildman–Crippen LogP) is 7.54. The van der Waals surface area contributed by atoms with Crippen LogP contribution in [0, 0.1) is 50.7 Å². The Bertz CT molecular complexity index is 467. The molecule has 0 bridgehead atoms. The third-order valence-electron chi connectivity index (χ3n) is 4.40. The molecule has 0 saturated heterocycles. The van der Waals surface area contributed by atoms with Crippen molar-refractivity contribution in [2.45, 2.75) is 68.2 Å². The van der Waals surface area contributed by atoms with Crippen molar-refractivity contribution in [2.24, 2.45) is 23.7 Å². The van der Waals surface area contributed by atoms with Crippen molar-refractivity contribution in [3.63, 3.8) is 0 Å². The molecule has 2 aliphatic rings. The van der Waals surface area contributed by atoms with E-state index in [4.69, 9.17) is 0 Å². The second-order valence-electron chi connectivity index (χ2n) is 7.68. The molecule has 0 spiro atoms. The van der Waals surface area contributed by atoms with Crippen molar-refractivity contribution in [1.82, 2.24) is 0 Å². The normalized spacial score (nSPS) is 14.0. The molecule has 0 atom stereocenters. The van der Waals surface area contributed by atoms with Gasteiger partial charge in [-0.3, -0.25) is 12.2 Å². The van der Waals surface area contributed by atoms with Crippen molar-refractivity contribution >= 4 is 32.4 Å². The van der Waals surface area contributed by atoms with Crippen LogP contribution < -0.4 is 0 Å². The summed E-state index contributed by atoms with van der Waals surface area (Å²) in [5.74, 6) is 2.68. The molecule has 0 heterocycles. The predicted molar refractivity (Wildman–Crippen MR) is 134 cm³/mol. The van der Waals surface area contributed by atoms with Crippen molar-refractivity contribution in [1.29, 1.82) is 0 Å². The molecule has 0 aliphatic heterocycles. The number of allylic oxidation sites excluding steroid dienone is 8. The number of hydrogen-bond donors (Lipinski definition) is 0. The van der Waals surface area contributed by atoms with Gasteiger partial charge >= 0.3 is 26.8 Å². The molecule has 0 saturated carbocycles. The van der Waals surface area contributed by atoms with Crippen LogP contribution in [0.15, 0.2) is 34.4 Å². The molecule has 166 valence electrons. The summed E-state index contributed by atoms with van der Waals surface area (Å²) >= 11 is 2.03. The van der Waals surface area contributed by atoms with Crippen LogP contribution in [0.1, 0.15) is 68.2 Å². The van der Waals surface area contributed by atoms with Gasteiger partial charge in [-0.15, -0.1) is 37.7 Å². The van der Waals surface area contributed by atoms with Crippen LogP contribution in [0.5, 0.6) is 0 Å². The molecule has 4 heteroatoms. The SMILES string of the molecule is CC(C)C1=[C-]CC(C(C)C)=C1.CC(C)C1=[C-]CC(C(C)C)=C1.Cl.Cl.[CH3-].[CH3-].[SiH2]=[Ti]. The minimum atomic E-state index is 0. The summed E-state index contributed by atoms with van der Waals surface area (Å²) in [5, 5.41) is 0. The third kappa shape index (κ3) is 14.5. The number of rotatable bonds is 4. The molecular weight excluding hydrogens is 435 g/mol. The maximum atomic E-state index is 3.41. The van der Waals surface area contributed by atoms with Crippen molar-refractivity contribution in [3.05, 3.63) is 61.4 Å². The molecule has 0 nitrogen and oxygen atoms in total. The van der Waals surface area contributed by atoms with Gasteiger partial charge < -0.3 is 14.9 Å². The van der Waals surface area contributed by atoms with E-state index in [1.165, 1.54) is 22.3 Å². The number of halogens is 2. The van der Waals surface area contributed by atoms with Gasteiger partial charge in [0.25, 0.3) is 0 Å². The Kier molecular flexibility index (Phi) is 28.9. The summed E-state index contributed by atoms with van der Waals surface area (Å²) in [4.78, 5) is 0. The van der Waals surface area contributed by atoms with Crippen LogP contribution in [0.3, 0.4) is 0 Å². The molecule has 0 amide bonds. The Morgan fingerprint density at radius 3 is 1.00 bits per heavy atom. The topological polar surface area (TPSA) is 0 Å². The quantitative estimate of drug-likeness (QED) is 0.289. The zero-order valence-electron chi connectivity index (χ0n) is 19.9. The first-order valence-corrected chi connectivity index (χ1v) is 13.2. The van der Waals surface area contributed by atoms with Gasteiger partial charge in [-0.05, 0) is 11.8 Å². The Morgan fingerprint density at radius 2 is 0.893 bits per heavy atom. The van der Waals surface area contributed by atoms with Gasteiger partial charge in [-0.1, -0.05) is 67.2 Å². The fraction of sp³-hybridized carbons (Fsp3) is 0.583. The second-order valence-corrected chi connectivity index (χ2v) is 7.68. The van der Waals surface area contributed by atoms with Crippen LogP contribution in [0.2, 0.25) is 0 Å². The van der Waals surface area contributed by atoms with Crippen molar-refractivity contribution in [3.8, 4) is 0 Å². The van der Waals surface area contributed by atoms with Gasteiger partial charge in [0.15, 0.2) is 0 Å². The third-order valence-corrected chi connectivity index (χ3v) is 4.40. The van der Waals surface area contributed by atoms with E-state index in [9.17, 15) is 0 Å². The monoisotopic (exact) mass is 478 g/mol. The van der Waals surface area contributed by atoms with Crippen LogP contribution >= 0.6 is 24.8 Å². The molecule has 0 aromatic rings. The summed E-state index contributed by atoms with van der Waals surface area (Å²) in [6.45, 7) is 17.9.